The van der Waals surface area contributed by atoms with Gasteiger partial charge in [0.1, 0.15) is 24.1 Å². The number of halogens is 2. The van der Waals surface area contributed by atoms with Gasteiger partial charge >= 0.3 is 0 Å². The smallest absolute Gasteiger partial charge is 0.270 e. The van der Waals surface area contributed by atoms with Crippen molar-refractivity contribution in [1.29, 1.82) is 0 Å². The summed E-state index contributed by atoms with van der Waals surface area (Å²) in [6.07, 6.45) is 1.99. The van der Waals surface area contributed by atoms with Crippen molar-refractivity contribution in [2.24, 2.45) is 0 Å². The maximum absolute atomic E-state index is 13.5. The Hall–Kier alpha value is -1.23. The van der Waals surface area contributed by atoms with E-state index >= 15 is 0 Å². The molecule has 0 saturated carbocycles. The van der Waals surface area contributed by atoms with Crippen LogP contribution in [-0.4, -0.2) is 7.11 Å². The monoisotopic (exact) mass is 274 g/mol. The predicted octanol–water partition coefficient (Wildman–Crippen LogP) is 3.11. The molecule has 0 aromatic heterocycles. The van der Waals surface area contributed by atoms with Gasteiger partial charge in [-0.3, -0.25) is 0 Å². The first-order chi connectivity index (χ1) is 7.24. The molecule has 0 unspecified atom stereocenters. The lowest BCUT2D eigenvalue weighted by Crippen LogP contribution is -2.03. The van der Waals surface area contributed by atoms with Crippen LogP contribution in [0.1, 0.15) is 11.9 Å². The van der Waals surface area contributed by atoms with Crippen LogP contribution in [0.2, 0.25) is 0 Å². The van der Waals surface area contributed by atoms with Crippen LogP contribution in [0.3, 0.4) is 0 Å². The maximum atomic E-state index is 13.5. The Kier molecular flexibility index (Phi) is 2.81. The van der Waals surface area contributed by atoms with E-state index in [4.69, 9.17) is 14.2 Å². The fourth-order valence-electron chi connectivity index (χ4n) is 1.30. The first-order valence-corrected chi connectivity index (χ1v) is 5.01. The number of hydrogen-bond acceptors (Lipinski definition) is 3. The number of benzene rings is 1. The second kappa shape index (κ2) is 4.10. The van der Waals surface area contributed by atoms with E-state index in [2.05, 4.69) is 15.9 Å². The van der Waals surface area contributed by atoms with E-state index in [1.54, 1.807) is 0 Å². The molecule has 1 aromatic carbocycles. The molecule has 15 heavy (non-hydrogen) atoms. The topological polar surface area (TPSA) is 27.7 Å². The van der Waals surface area contributed by atoms with Gasteiger partial charge in [0, 0.05) is 0 Å². The Morgan fingerprint density at radius 1 is 1.33 bits per heavy atom. The Balaban J connectivity index is 2.44. The maximum Gasteiger partial charge on any atom is 0.270 e. The van der Waals surface area contributed by atoms with Crippen LogP contribution in [0.4, 0.5) is 4.39 Å². The Bertz CT molecular complexity index is 398. The molecule has 0 bridgehead atoms. The molecule has 1 aliphatic rings. The Morgan fingerprint density at radius 3 is 2.60 bits per heavy atom. The molecular weight excluding hydrogens is 267 g/mol. The molecule has 0 spiro atoms. The lowest BCUT2D eigenvalue weighted by molar-refractivity contribution is -0.0278. The molecular formula is C10H8BrFO3. The van der Waals surface area contributed by atoms with Gasteiger partial charge < -0.3 is 14.2 Å². The summed E-state index contributed by atoms with van der Waals surface area (Å²) >= 11 is 3.25. The van der Waals surface area contributed by atoms with Crippen LogP contribution in [-0.2, 0) is 9.47 Å². The minimum absolute atomic E-state index is 0.291. The highest BCUT2D eigenvalue weighted by molar-refractivity contribution is 9.10. The van der Waals surface area contributed by atoms with E-state index in [9.17, 15) is 4.39 Å². The van der Waals surface area contributed by atoms with E-state index < -0.39 is 12.1 Å². The quantitative estimate of drug-likeness (QED) is 0.830. The van der Waals surface area contributed by atoms with Gasteiger partial charge in [-0.05, 0) is 28.1 Å². The molecule has 0 amide bonds. The van der Waals surface area contributed by atoms with Crippen molar-refractivity contribution >= 4 is 15.9 Å². The Morgan fingerprint density at radius 2 is 2.00 bits per heavy atom. The van der Waals surface area contributed by atoms with Crippen molar-refractivity contribution in [2.75, 3.05) is 7.11 Å². The average Bonchev–Trinajstić information content (AvgIpc) is 2.71. The minimum Gasteiger partial charge on any atom is -0.496 e. The van der Waals surface area contributed by atoms with Crippen LogP contribution in [0, 0.1) is 5.82 Å². The van der Waals surface area contributed by atoms with Crippen LogP contribution in [0.25, 0.3) is 0 Å². The summed E-state index contributed by atoms with van der Waals surface area (Å²) in [5.74, 6) is 0.127. The van der Waals surface area contributed by atoms with Gasteiger partial charge in [0.2, 0.25) is 0 Å². The Labute approximate surface area is 94.6 Å². The average molecular weight is 275 g/mol. The third-order valence-electron chi connectivity index (χ3n) is 2.01. The minimum atomic E-state index is -0.755. The van der Waals surface area contributed by atoms with Gasteiger partial charge in [0.05, 0.1) is 17.1 Å². The number of methoxy groups -OCH3 is 1. The summed E-state index contributed by atoms with van der Waals surface area (Å²) < 4.78 is 29.2. The molecule has 0 saturated heterocycles. The second-order valence-electron chi connectivity index (χ2n) is 2.85. The fraction of sp³-hybridized carbons (Fsp3) is 0.200. The van der Waals surface area contributed by atoms with Crippen molar-refractivity contribution in [1.82, 2.24) is 0 Å². The molecule has 0 N–H and O–H groups in total. The highest BCUT2D eigenvalue weighted by Crippen LogP contribution is 2.37. The zero-order chi connectivity index (χ0) is 10.8. The zero-order valence-electron chi connectivity index (χ0n) is 7.87. The first kappa shape index (κ1) is 10.3. The molecule has 1 aromatic rings. The third-order valence-corrected chi connectivity index (χ3v) is 2.82. The summed E-state index contributed by atoms with van der Waals surface area (Å²) in [5.41, 5.74) is 0.291. The highest BCUT2D eigenvalue weighted by Gasteiger charge is 2.25. The van der Waals surface area contributed by atoms with Crippen molar-refractivity contribution in [3.05, 3.63) is 40.5 Å². The predicted molar refractivity (Wildman–Crippen MR) is 54.7 cm³/mol. The summed E-state index contributed by atoms with van der Waals surface area (Å²) in [6, 6.07) is 2.84. The lowest BCUT2D eigenvalue weighted by Gasteiger charge is -2.15. The van der Waals surface area contributed by atoms with Crippen molar-refractivity contribution in [3.63, 3.8) is 0 Å². The van der Waals surface area contributed by atoms with E-state index in [1.165, 1.54) is 31.8 Å². The molecule has 3 nitrogen and oxygen atoms in total. The van der Waals surface area contributed by atoms with Gasteiger partial charge in [-0.2, -0.15) is 0 Å². The summed E-state index contributed by atoms with van der Waals surface area (Å²) in [6.45, 7) is 0. The van der Waals surface area contributed by atoms with E-state index in [0.29, 0.717) is 15.8 Å². The highest BCUT2D eigenvalue weighted by atomic mass is 79.9. The molecule has 1 heterocycles. The molecule has 5 heteroatoms. The van der Waals surface area contributed by atoms with Gasteiger partial charge in [-0.25, -0.2) is 4.39 Å². The standard InChI is InChI=1S/C10H8BrFO3/c1-13-7-3-2-6(12)8(9(7)11)10-14-4-5-15-10/h2-5,10H,1H3. The van der Waals surface area contributed by atoms with Crippen molar-refractivity contribution < 1.29 is 18.6 Å². The van der Waals surface area contributed by atoms with Gasteiger partial charge in [-0.1, -0.05) is 0 Å². The van der Waals surface area contributed by atoms with Crippen LogP contribution in [0.5, 0.6) is 5.75 Å². The summed E-state index contributed by atoms with van der Waals surface area (Å²) in [4.78, 5) is 0. The van der Waals surface area contributed by atoms with Gasteiger partial charge in [-0.15, -0.1) is 0 Å². The van der Waals surface area contributed by atoms with E-state index in [1.807, 2.05) is 0 Å². The molecule has 80 valence electrons. The molecule has 1 aliphatic heterocycles. The summed E-state index contributed by atoms with van der Waals surface area (Å²) in [5, 5.41) is 0. The van der Waals surface area contributed by atoms with Crippen LogP contribution >= 0.6 is 15.9 Å². The number of hydrogen-bond donors (Lipinski definition) is 0. The van der Waals surface area contributed by atoms with Crippen molar-refractivity contribution in [3.8, 4) is 5.75 Å². The van der Waals surface area contributed by atoms with Crippen LogP contribution in [0.15, 0.2) is 29.1 Å². The molecule has 0 fully saturated rings. The molecule has 0 aliphatic carbocycles. The molecule has 0 radical (unpaired) electrons. The number of ether oxygens (including phenoxy) is 3. The lowest BCUT2D eigenvalue weighted by atomic mass is 10.2. The largest absolute Gasteiger partial charge is 0.496 e. The third kappa shape index (κ3) is 1.79. The van der Waals surface area contributed by atoms with Gasteiger partial charge in [0.25, 0.3) is 6.29 Å². The fourth-order valence-corrected chi connectivity index (χ4v) is 1.97. The normalized spacial score (nSPS) is 14.9. The van der Waals surface area contributed by atoms with Crippen LogP contribution < -0.4 is 4.74 Å². The number of rotatable bonds is 2. The second-order valence-corrected chi connectivity index (χ2v) is 3.65. The van der Waals surface area contributed by atoms with Crippen molar-refractivity contribution in [2.45, 2.75) is 6.29 Å². The molecule has 2 rings (SSSR count). The zero-order valence-corrected chi connectivity index (χ0v) is 9.45. The SMILES string of the molecule is COc1ccc(F)c(C2OC=CO2)c1Br. The summed E-state index contributed by atoms with van der Waals surface area (Å²) in [7, 11) is 1.51. The van der Waals surface area contributed by atoms with E-state index in [-0.39, 0.29) is 0 Å². The molecule has 0 atom stereocenters. The first-order valence-electron chi connectivity index (χ1n) is 4.22. The van der Waals surface area contributed by atoms with Gasteiger partial charge in [0.15, 0.2) is 0 Å². The van der Waals surface area contributed by atoms with E-state index in [0.717, 1.165) is 0 Å².